The van der Waals surface area contributed by atoms with E-state index in [0.717, 1.165) is 49.3 Å². The highest BCUT2D eigenvalue weighted by Crippen LogP contribution is 2.33. The molecular weight excluding hydrogens is 464 g/mol. The van der Waals surface area contributed by atoms with Crippen LogP contribution in [0, 0.1) is 0 Å². The third kappa shape index (κ3) is 6.59. The number of hydrogen-bond donors (Lipinski definition) is 1. The number of carbonyl (C=O) groups excluding carboxylic acids is 1. The summed E-state index contributed by atoms with van der Waals surface area (Å²) in [5.41, 5.74) is 2.37. The van der Waals surface area contributed by atoms with Gasteiger partial charge in [-0.05, 0) is 77.3 Å². The quantitative estimate of drug-likeness (QED) is 0.617. The minimum absolute atomic E-state index is 0.217. The molecule has 1 N–H and O–H groups in total. The molecular formula is C26H36N4O4S. The molecule has 1 aromatic carbocycles. The second-order valence-electron chi connectivity index (χ2n) is 10.4. The van der Waals surface area contributed by atoms with Crippen molar-refractivity contribution in [2.45, 2.75) is 75.6 Å². The zero-order valence-corrected chi connectivity index (χ0v) is 21.8. The fraction of sp³-hybridized carbons (Fsp3) is 0.538. The van der Waals surface area contributed by atoms with Crippen LogP contribution >= 0.6 is 0 Å². The van der Waals surface area contributed by atoms with E-state index in [1.165, 1.54) is 19.9 Å². The molecule has 0 atom stereocenters. The Bertz CT molecular complexity index is 1120. The van der Waals surface area contributed by atoms with E-state index in [1.54, 1.807) is 24.3 Å². The van der Waals surface area contributed by atoms with Crippen molar-refractivity contribution in [1.82, 2.24) is 19.5 Å². The summed E-state index contributed by atoms with van der Waals surface area (Å²) in [6.45, 7) is 7.98. The summed E-state index contributed by atoms with van der Waals surface area (Å²) in [5.74, 6) is 0. The minimum atomic E-state index is -3.45. The molecule has 4 rings (SSSR count). The van der Waals surface area contributed by atoms with Gasteiger partial charge in [0.2, 0.25) is 10.0 Å². The molecule has 9 heteroatoms. The van der Waals surface area contributed by atoms with Gasteiger partial charge in [-0.15, -0.1) is 0 Å². The van der Waals surface area contributed by atoms with Crippen molar-refractivity contribution >= 4 is 16.1 Å². The number of aromatic nitrogens is 1. The van der Waals surface area contributed by atoms with Crippen LogP contribution in [-0.2, 0) is 21.3 Å². The van der Waals surface area contributed by atoms with E-state index in [9.17, 15) is 13.2 Å². The third-order valence-electron chi connectivity index (χ3n) is 6.52. The van der Waals surface area contributed by atoms with Crippen LogP contribution in [0.25, 0.3) is 11.3 Å². The standard InChI is InChI=1S/C26H36N4O4S/c1-26(2,3)34-25(31)29-15-13-22(14-16-29)30(21-8-9-21)18-19-5-12-24(28-17-19)20-6-10-23(11-7-20)35(32,33)27-4/h5-7,10-12,17,21-22,27H,8-9,13-16,18H2,1-4H3. The van der Waals surface area contributed by atoms with Crippen molar-refractivity contribution in [1.29, 1.82) is 0 Å². The number of rotatable bonds is 7. The smallest absolute Gasteiger partial charge is 0.410 e. The number of nitrogens with zero attached hydrogens (tertiary/aromatic N) is 3. The van der Waals surface area contributed by atoms with Crippen molar-refractivity contribution in [3.63, 3.8) is 0 Å². The van der Waals surface area contributed by atoms with E-state index in [1.807, 2.05) is 37.9 Å². The number of amides is 1. The summed E-state index contributed by atoms with van der Waals surface area (Å²) < 4.78 is 31.7. The molecule has 8 nitrogen and oxygen atoms in total. The average Bonchev–Trinajstić information content (AvgIpc) is 3.67. The van der Waals surface area contributed by atoms with Gasteiger partial charge in [-0.2, -0.15) is 0 Å². The molecule has 1 amide bonds. The summed E-state index contributed by atoms with van der Waals surface area (Å²) in [5, 5.41) is 0. The van der Waals surface area contributed by atoms with Gasteiger partial charge in [-0.3, -0.25) is 9.88 Å². The maximum Gasteiger partial charge on any atom is 0.410 e. The third-order valence-corrected chi connectivity index (χ3v) is 7.95. The first kappa shape index (κ1) is 25.6. The molecule has 1 saturated heterocycles. The Labute approximate surface area is 208 Å². The second-order valence-corrected chi connectivity index (χ2v) is 12.3. The number of benzene rings is 1. The van der Waals surface area contributed by atoms with Crippen molar-refractivity contribution in [2.75, 3.05) is 20.1 Å². The number of piperidine rings is 1. The molecule has 2 aromatic rings. The van der Waals surface area contributed by atoms with E-state index in [-0.39, 0.29) is 11.0 Å². The highest BCUT2D eigenvalue weighted by molar-refractivity contribution is 7.89. The number of hydrogen-bond acceptors (Lipinski definition) is 6. The van der Waals surface area contributed by atoms with Crippen LogP contribution in [0.3, 0.4) is 0 Å². The molecule has 2 aliphatic rings. The molecule has 190 valence electrons. The van der Waals surface area contributed by atoms with E-state index in [4.69, 9.17) is 4.74 Å². The zero-order chi connectivity index (χ0) is 25.2. The highest BCUT2D eigenvalue weighted by atomic mass is 32.2. The Morgan fingerprint density at radius 1 is 1.06 bits per heavy atom. The molecule has 1 aliphatic carbocycles. The number of likely N-dealkylation sites (tertiary alicyclic amines) is 1. The van der Waals surface area contributed by atoms with Crippen LogP contribution in [0.5, 0.6) is 0 Å². The number of sulfonamides is 1. The van der Waals surface area contributed by atoms with E-state index >= 15 is 0 Å². The van der Waals surface area contributed by atoms with Gasteiger partial charge >= 0.3 is 6.09 Å². The monoisotopic (exact) mass is 500 g/mol. The van der Waals surface area contributed by atoms with Gasteiger partial charge in [0.15, 0.2) is 0 Å². The largest absolute Gasteiger partial charge is 0.444 e. The van der Waals surface area contributed by atoms with Crippen LogP contribution in [-0.4, -0.2) is 67.1 Å². The molecule has 1 aromatic heterocycles. The van der Waals surface area contributed by atoms with E-state index in [2.05, 4.69) is 20.7 Å². The lowest BCUT2D eigenvalue weighted by Crippen LogP contribution is -2.48. The Kier molecular flexibility index (Phi) is 7.49. The fourth-order valence-electron chi connectivity index (χ4n) is 4.49. The first-order chi connectivity index (χ1) is 16.6. The molecule has 2 heterocycles. The summed E-state index contributed by atoms with van der Waals surface area (Å²) >= 11 is 0. The normalized spacial score (nSPS) is 17.6. The van der Waals surface area contributed by atoms with Crippen molar-refractivity contribution < 1.29 is 17.9 Å². The summed E-state index contributed by atoms with van der Waals surface area (Å²) in [4.78, 5) is 21.7. The van der Waals surface area contributed by atoms with Gasteiger partial charge < -0.3 is 9.64 Å². The van der Waals surface area contributed by atoms with Gasteiger partial charge in [-0.25, -0.2) is 17.9 Å². The Hall–Kier alpha value is -2.49. The molecule has 1 aliphatic heterocycles. The average molecular weight is 501 g/mol. The van der Waals surface area contributed by atoms with E-state index in [0.29, 0.717) is 12.1 Å². The summed E-state index contributed by atoms with van der Waals surface area (Å²) in [7, 11) is -2.05. The van der Waals surface area contributed by atoms with Crippen molar-refractivity contribution in [2.24, 2.45) is 0 Å². The van der Waals surface area contributed by atoms with Gasteiger partial charge in [0.25, 0.3) is 0 Å². The topological polar surface area (TPSA) is 91.8 Å². The van der Waals surface area contributed by atoms with Gasteiger partial charge in [-0.1, -0.05) is 18.2 Å². The first-order valence-corrected chi connectivity index (χ1v) is 13.8. The lowest BCUT2D eigenvalue weighted by molar-refractivity contribution is 0.0131. The number of ether oxygens (including phenoxy) is 1. The van der Waals surface area contributed by atoms with Crippen LogP contribution in [0.2, 0.25) is 0 Å². The highest BCUT2D eigenvalue weighted by Gasteiger charge is 2.36. The second kappa shape index (κ2) is 10.2. The van der Waals surface area contributed by atoms with Crippen molar-refractivity contribution in [3.8, 4) is 11.3 Å². The minimum Gasteiger partial charge on any atom is -0.444 e. The van der Waals surface area contributed by atoms with Crippen LogP contribution in [0.15, 0.2) is 47.5 Å². The molecule has 35 heavy (non-hydrogen) atoms. The maximum absolute atomic E-state index is 12.4. The molecule has 2 fully saturated rings. The van der Waals surface area contributed by atoms with Gasteiger partial charge in [0.05, 0.1) is 10.6 Å². The lowest BCUT2D eigenvalue weighted by atomic mass is 10.0. The summed E-state index contributed by atoms with van der Waals surface area (Å²) in [6.07, 6.45) is 6.04. The predicted molar refractivity (Wildman–Crippen MR) is 135 cm³/mol. The lowest BCUT2D eigenvalue weighted by Gasteiger charge is -2.39. The molecule has 0 unspecified atom stereocenters. The molecule has 0 spiro atoms. The predicted octanol–water partition coefficient (Wildman–Crippen LogP) is 4.02. The maximum atomic E-state index is 12.4. The number of carbonyl (C=O) groups is 1. The summed E-state index contributed by atoms with van der Waals surface area (Å²) in [6, 6.07) is 11.9. The van der Waals surface area contributed by atoms with Crippen LogP contribution < -0.4 is 4.72 Å². The van der Waals surface area contributed by atoms with E-state index < -0.39 is 15.6 Å². The Balaban J connectivity index is 1.37. The van der Waals surface area contributed by atoms with Crippen LogP contribution in [0.1, 0.15) is 52.0 Å². The first-order valence-electron chi connectivity index (χ1n) is 12.3. The molecule has 0 radical (unpaired) electrons. The fourth-order valence-corrected chi connectivity index (χ4v) is 5.22. The number of nitrogens with one attached hydrogen (secondary N) is 1. The van der Waals surface area contributed by atoms with Gasteiger partial charge in [0, 0.05) is 43.5 Å². The molecule has 0 bridgehead atoms. The SMILES string of the molecule is CNS(=O)(=O)c1ccc(-c2ccc(CN(C3CC3)C3CCN(C(=O)OC(C)(C)C)CC3)cn2)cc1. The van der Waals surface area contributed by atoms with Gasteiger partial charge in [0.1, 0.15) is 5.60 Å². The zero-order valence-electron chi connectivity index (χ0n) is 21.0. The Morgan fingerprint density at radius 2 is 1.69 bits per heavy atom. The van der Waals surface area contributed by atoms with Crippen LogP contribution in [0.4, 0.5) is 4.79 Å². The number of pyridine rings is 1. The molecule has 1 saturated carbocycles. The van der Waals surface area contributed by atoms with Crippen molar-refractivity contribution in [3.05, 3.63) is 48.2 Å². The Morgan fingerprint density at radius 3 is 2.20 bits per heavy atom.